The lowest BCUT2D eigenvalue weighted by Gasteiger charge is -2.07. The van der Waals surface area contributed by atoms with Crippen molar-refractivity contribution in [1.29, 1.82) is 0 Å². The first-order valence-corrected chi connectivity index (χ1v) is 11.4. The van der Waals surface area contributed by atoms with Crippen molar-refractivity contribution in [2.45, 2.75) is 27.2 Å². The SMILES string of the molecule is Cc1cc(C)c2oc(-c3cccc(N=Cc4cc(Cc5ccccc5)ccc4O)c3C)nc2c1. The Kier molecular flexibility index (Phi) is 5.72. The fraction of sp³-hybridized carbons (Fsp3) is 0.133. The summed E-state index contributed by atoms with van der Waals surface area (Å²) in [4.78, 5) is 9.43. The molecule has 0 aliphatic heterocycles. The molecule has 0 spiro atoms. The van der Waals surface area contributed by atoms with Crippen LogP contribution in [-0.2, 0) is 6.42 Å². The van der Waals surface area contributed by atoms with Gasteiger partial charge in [-0.1, -0.05) is 48.5 Å². The maximum atomic E-state index is 10.4. The summed E-state index contributed by atoms with van der Waals surface area (Å²) in [6.07, 6.45) is 2.52. The molecule has 0 saturated heterocycles. The minimum absolute atomic E-state index is 0.208. The van der Waals surface area contributed by atoms with Gasteiger partial charge in [0.15, 0.2) is 5.58 Å². The second-order valence-corrected chi connectivity index (χ2v) is 8.71. The van der Waals surface area contributed by atoms with Gasteiger partial charge in [0.2, 0.25) is 5.89 Å². The number of nitrogens with zero attached hydrogens (tertiary/aromatic N) is 2. The number of aromatic hydroxyl groups is 1. The minimum atomic E-state index is 0.208. The van der Waals surface area contributed by atoms with E-state index in [1.807, 2.05) is 68.4 Å². The number of hydrogen-bond acceptors (Lipinski definition) is 4. The smallest absolute Gasteiger partial charge is 0.227 e. The number of hydrogen-bond donors (Lipinski definition) is 1. The third kappa shape index (κ3) is 4.35. The van der Waals surface area contributed by atoms with Gasteiger partial charge in [-0.15, -0.1) is 0 Å². The van der Waals surface area contributed by atoms with Gasteiger partial charge in [-0.05, 0) is 85.3 Å². The normalized spacial score (nSPS) is 11.5. The standard InChI is InChI=1S/C30H26N2O2/c1-19-14-20(2)29-27(15-19)32-30(34-29)25-10-7-11-26(21(25)3)31-18-24-17-23(12-13-28(24)33)16-22-8-5-4-6-9-22/h4-15,17-18,33H,16H2,1-3H3. The monoisotopic (exact) mass is 446 g/mol. The van der Waals surface area contributed by atoms with Gasteiger partial charge in [0.25, 0.3) is 0 Å². The van der Waals surface area contributed by atoms with Gasteiger partial charge in [-0.3, -0.25) is 4.99 Å². The molecule has 4 heteroatoms. The molecule has 34 heavy (non-hydrogen) atoms. The lowest BCUT2D eigenvalue weighted by molar-refractivity contribution is 0.474. The van der Waals surface area contributed by atoms with Gasteiger partial charge < -0.3 is 9.52 Å². The van der Waals surface area contributed by atoms with E-state index in [4.69, 9.17) is 14.4 Å². The van der Waals surface area contributed by atoms with Crippen molar-refractivity contribution in [3.63, 3.8) is 0 Å². The van der Waals surface area contributed by atoms with Crippen LogP contribution >= 0.6 is 0 Å². The van der Waals surface area contributed by atoms with Gasteiger partial charge in [-0.2, -0.15) is 0 Å². The fourth-order valence-corrected chi connectivity index (χ4v) is 4.27. The van der Waals surface area contributed by atoms with Crippen LogP contribution in [0.1, 0.15) is 33.4 Å². The number of aromatic nitrogens is 1. The molecule has 1 N–H and O–H groups in total. The Morgan fingerprint density at radius 2 is 1.71 bits per heavy atom. The van der Waals surface area contributed by atoms with Crippen molar-refractivity contribution in [1.82, 2.24) is 4.98 Å². The van der Waals surface area contributed by atoms with Crippen molar-refractivity contribution in [2.24, 2.45) is 4.99 Å². The van der Waals surface area contributed by atoms with Crippen molar-refractivity contribution >= 4 is 23.0 Å². The first-order valence-electron chi connectivity index (χ1n) is 11.4. The van der Waals surface area contributed by atoms with E-state index in [1.165, 1.54) is 5.56 Å². The molecule has 0 fully saturated rings. The van der Waals surface area contributed by atoms with E-state index in [9.17, 15) is 5.11 Å². The Labute approximate surface area is 199 Å². The second-order valence-electron chi connectivity index (χ2n) is 8.71. The summed E-state index contributed by atoms with van der Waals surface area (Å²) < 4.78 is 6.13. The number of oxazole rings is 1. The highest BCUT2D eigenvalue weighted by Crippen LogP contribution is 2.33. The number of aryl methyl sites for hydroxylation is 2. The largest absolute Gasteiger partial charge is 0.507 e. The number of rotatable bonds is 5. The van der Waals surface area contributed by atoms with Gasteiger partial charge in [0.1, 0.15) is 11.3 Å². The van der Waals surface area contributed by atoms with Crippen molar-refractivity contribution < 1.29 is 9.52 Å². The molecule has 1 aromatic heterocycles. The first-order chi connectivity index (χ1) is 16.5. The van der Waals surface area contributed by atoms with Crippen LogP contribution in [0.25, 0.3) is 22.6 Å². The van der Waals surface area contributed by atoms with E-state index < -0.39 is 0 Å². The summed E-state index contributed by atoms with van der Waals surface area (Å²) in [6.45, 7) is 6.11. The molecule has 1 heterocycles. The van der Waals surface area contributed by atoms with E-state index in [1.54, 1.807) is 12.3 Å². The molecule has 0 atom stereocenters. The van der Waals surface area contributed by atoms with Crippen LogP contribution in [0.5, 0.6) is 5.75 Å². The molecule has 0 amide bonds. The highest BCUT2D eigenvalue weighted by molar-refractivity contribution is 5.87. The molecule has 5 aromatic rings. The topological polar surface area (TPSA) is 58.6 Å². The maximum absolute atomic E-state index is 10.4. The molecule has 0 radical (unpaired) electrons. The first kappa shape index (κ1) is 21.7. The molecule has 0 aliphatic rings. The predicted molar refractivity (Wildman–Crippen MR) is 138 cm³/mol. The average molecular weight is 447 g/mol. The van der Waals surface area contributed by atoms with Crippen LogP contribution < -0.4 is 0 Å². The van der Waals surface area contributed by atoms with Crippen LogP contribution in [0, 0.1) is 20.8 Å². The summed E-state index contributed by atoms with van der Waals surface area (Å²) >= 11 is 0. The van der Waals surface area contributed by atoms with Gasteiger partial charge in [0, 0.05) is 17.3 Å². The third-order valence-electron chi connectivity index (χ3n) is 6.04. The van der Waals surface area contributed by atoms with E-state index in [-0.39, 0.29) is 5.75 Å². The van der Waals surface area contributed by atoms with Gasteiger partial charge >= 0.3 is 0 Å². The van der Waals surface area contributed by atoms with E-state index in [2.05, 4.69) is 25.1 Å². The number of fused-ring (bicyclic) bond motifs is 1. The molecular formula is C30H26N2O2. The van der Waals surface area contributed by atoms with Crippen LogP contribution in [0.3, 0.4) is 0 Å². The number of phenolic OH excluding ortho intramolecular Hbond substituents is 1. The Balaban J connectivity index is 1.46. The summed E-state index contributed by atoms with van der Waals surface area (Å²) in [5.74, 6) is 0.796. The van der Waals surface area contributed by atoms with Crippen molar-refractivity contribution in [2.75, 3.05) is 0 Å². The van der Waals surface area contributed by atoms with Crippen LogP contribution in [0.4, 0.5) is 5.69 Å². The van der Waals surface area contributed by atoms with Gasteiger partial charge in [-0.25, -0.2) is 4.98 Å². The van der Waals surface area contributed by atoms with E-state index in [0.29, 0.717) is 11.5 Å². The lowest BCUT2D eigenvalue weighted by Crippen LogP contribution is -1.91. The van der Waals surface area contributed by atoms with Crippen molar-refractivity contribution in [3.8, 4) is 17.2 Å². The Morgan fingerprint density at radius 3 is 2.53 bits per heavy atom. The molecule has 0 aliphatic carbocycles. The van der Waals surface area contributed by atoms with Gasteiger partial charge in [0.05, 0.1) is 5.69 Å². The van der Waals surface area contributed by atoms with Crippen molar-refractivity contribution in [3.05, 3.63) is 112 Å². The average Bonchev–Trinajstić information content (AvgIpc) is 3.25. The summed E-state index contributed by atoms with van der Waals surface area (Å²) in [5.41, 5.74) is 9.63. The quantitative estimate of drug-likeness (QED) is 0.285. The highest BCUT2D eigenvalue weighted by Gasteiger charge is 2.14. The fourth-order valence-electron chi connectivity index (χ4n) is 4.27. The lowest BCUT2D eigenvalue weighted by atomic mass is 10.0. The predicted octanol–water partition coefficient (Wildman–Crippen LogP) is 7.47. The number of aliphatic imine (C=N–C) groups is 1. The minimum Gasteiger partial charge on any atom is -0.507 e. The van der Waals surface area contributed by atoms with Crippen LogP contribution in [0.15, 0.2) is 88.3 Å². The number of benzene rings is 4. The number of phenols is 1. The zero-order valence-corrected chi connectivity index (χ0v) is 19.5. The third-order valence-corrected chi connectivity index (χ3v) is 6.04. The summed E-state index contributed by atoms with van der Waals surface area (Å²) in [7, 11) is 0. The van der Waals surface area contributed by atoms with E-state index >= 15 is 0 Å². The van der Waals surface area contributed by atoms with Crippen LogP contribution in [-0.4, -0.2) is 16.3 Å². The van der Waals surface area contributed by atoms with Crippen LogP contribution in [0.2, 0.25) is 0 Å². The maximum Gasteiger partial charge on any atom is 0.227 e. The molecule has 168 valence electrons. The molecule has 0 unspecified atom stereocenters. The summed E-state index contributed by atoms with van der Waals surface area (Å²) in [6, 6.07) is 26.0. The zero-order chi connectivity index (χ0) is 23.7. The molecule has 0 bridgehead atoms. The second kappa shape index (κ2) is 8.99. The molecule has 4 aromatic carbocycles. The highest BCUT2D eigenvalue weighted by atomic mass is 16.3. The molecule has 4 nitrogen and oxygen atoms in total. The Hall–Kier alpha value is -4.18. The molecular weight excluding hydrogens is 420 g/mol. The Bertz CT molecular complexity index is 1510. The zero-order valence-electron chi connectivity index (χ0n) is 19.5. The molecule has 5 rings (SSSR count). The summed E-state index contributed by atoms with van der Waals surface area (Å²) in [5, 5.41) is 10.4. The van der Waals surface area contributed by atoms with E-state index in [0.717, 1.165) is 51.0 Å². The Morgan fingerprint density at radius 1 is 0.882 bits per heavy atom. The molecule has 0 saturated carbocycles.